The maximum absolute atomic E-state index is 11.9. The fraction of sp³-hybridized carbons (Fsp3) is 0.308. The zero-order chi connectivity index (χ0) is 11.1. The molecule has 0 aromatic carbocycles. The van der Waals surface area contributed by atoms with E-state index < -0.39 is 0 Å². The molecule has 0 bridgehead atoms. The SMILES string of the molecule is C=C1CC(C)(C)C=C(c2ccc[nH]2)C1=O. The zero-order valence-electron chi connectivity index (χ0n) is 9.13. The molecule has 0 saturated heterocycles. The number of hydrogen-bond acceptors (Lipinski definition) is 1. The molecule has 1 aromatic rings. The van der Waals surface area contributed by atoms with Crippen molar-refractivity contribution < 1.29 is 4.79 Å². The number of carbonyl (C=O) groups is 1. The minimum atomic E-state index is 0.0193. The first kappa shape index (κ1) is 9.97. The lowest BCUT2D eigenvalue weighted by molar-refractivity contribution is -0.111. The number of ketones is 1. The summed E-state index contributed by atoms with van der Waals surface area (Å²) in [5.41, 5.74) is 2.35. The van der Waals surface area contributed by atoms with Crippen LogP contribution < -0.4 is 0 Å². The summed E-state index contributed by atoms with van der Waals surface area (Å²) in [7, 11) is 0. The van der Waals surface area contributed by atoms with Crippen LogP contribution in [0.15, 0.2) is 36.6 Å². The average molecular weight is 201 g/mol. The molecule has 1 heterocycles. The van der Waals surface area contributed by atoms with E-state index in [1.807, 2.05) is 24.4 Å². The Hall–Kier alpha value is -1.57. The Morgan fingerprint density at radius 2 is 2.20 bits per heavy atom. The Balaban J connectivity index is 2.50. The fourth-order valence-electron chi connectivity index (χ4n) is 2.03. The van der Waals surface area contributed by atoms with E-state index in [1.165, 1.54) is 0 Å². The Morgan fingerprint density at radius 3 is 2.80 bits per heavy atom. The van der Waals surface area contributed by atoms with Gasteiger partial charge >= 0.3 is 0 Å². The summed E-state index contributed by atoms with van der Waals surface area (Å²) in [5, 5.41) is 0. The second-order valence-electron chi connectivity index (χ2n) is 4.74. The van der Waals surface area contributed by atoms with Crippen LogP contribution in [0.5, 0.6) is 0 Å². The van der Waals surface area contributed by atoms with Crippen molar-refractivity contribution in [2.24, 2.45) is 5.41 Å². The molecule has 1 N–H and O–H groups in total. The molecule has 0 radical (unpaired) electrons. The Kier molecular flexibility index (Phi) is 2.14. The van der Waals surface area contributed by atoms with E-state index in [-0.39, 0.29) is 11.2 Å². The number of aromatic amines is 1. The Bertz CT molecular complexity index is 435. The third-order valence-electron chi connectivity index (χ3n) is 2.66. The van der Waals surface area contributed by atoms with Crippen molar-refractivity contribution in [2.75, 3.05) is 0 Å². The van der Waals surface area contributed by atoms with Gasteiger partial charge in [0.25, 0.3) is 0 Å². The molecule has 0 unspecified atom stereocenters. The van der Waals surface area contributed by atoms with Gasteiger partial charge in [-0.3, -0.25) is 4.79 Å². The van der Waals surface area contributed by atoms with Gasteiger partial charge in [-0.15, -0.1) is 0 Å². The highest BCUT2D eigenvalue weighted by Gasteiger charge is 2.29. The standard InChI is InChI=1S/C13H15NO/c1-9-7-13(2,3)8-10(12(9)15)11-5-4-6-14-11/h4-6,8,14H,1,7H2,2-3H3. The summed E-state index contributed by atoms with van der Waals surface area (Å²) in [6.07, 6.45) is 4.61. The van der Waals surface area contributed by atoms with Gasteiger partial charge in [0.05, 0.1) is 0 Å². The van der Waals surface area contributed by atoms with Crippen LogP contribution in [0.25, 0.3) is 5.57 Å². The predicted molar refractivity (Wildman–Crippen MR) is 61.3 cm³/mol. The number of carbonyl (C=O) groups excluding carboxylic acids is 1. The van der Waals surface area contributed by atoms with E-state index in [1.54, 1.807) is 0 Å². The van der Waals surface area contributed by atoms with E-state index in [9.17, 15) is 4.79 Å². The molecule has 2 heteroatoms. The highest BCUT2D eigenvalue weighted by molar-refractivity contribution is 6.29. The molecule has 1 aliphatic carbocycles. The van der Waals surface area contributed by atoms with Gasteiger partial charge in [0.15, 0.2) is 5.78 Å². The first-order valence-corrected chi connectivity index (χ1v) is 5.09. The molecule has 0 amide bonds. The number of allylic oxidation sites excluding steroid dienone is 3. The summed E-state index contributed by atoms with van der Waals surface area (Å²) in [5.74, 6) is 0.0665. The molecule has 0 aliphatic heterocycles. The van der Waals surface area contributed by atoms with Crippen LogP contribution in [0, 0.1) is 5.41 Å². The molecule has 15 heavy (non-hydrogen) atoms. The summed E-state index contributed by atoms with van der Waals surface area (Å²) in [4.78, 5) is 15.0. The molecule has 0 saturated carbocycles. The van der Waals surface area contributed by atoms with Crippen LogP contribution in [0.4, 0.5) is 0 Å². The second kappa shape index (κ2) is 3.23. The monoisotopic (exact) mass is 201 g/mol. The molecule has 2 rings (SSSR count). The van der Waals surface area contributed by atoms with Crippen LogP contribution >= 0.6 is 0 Å². The first-order valence-electron chi connectivity index (χ1n) is 5.09. The minimum absolute atomic E-state index is 0.0193. The number of H-pyrrole nitrogens is 1. The largest absolute Gasteiger partial charge is 0.361 e. The van der Waals surface area contributed by atoms with Crippen LogP contribution in [0.1, 0.15) is 26.0 Å². The lowest BCUT2D eigenvalue weighted by Crippen LogP contribution is -2.21. The lowest BCUT2D eigenvalue weighted by Gasteiger charge is -2.27. The summed E-state index contributed by atoms with van der Waals surface area (Å²) >= 11 is 0. The van der Waals surface area contributed by atoms with Gasteiger partial charge in [-0.2, -0.15) is 0 Å². The fourth-order valence-corrected chi connectivity index (χ4v) is 2.03. The highest BCUT2D eigenvalue weighted by Crippen LogP contribution is 2.37. The van der Waals surface area contributed by atoms with Gasteiger partial charge in [-0.25, -0.2) is 0 Å². The average Bonchev–Trinajstić information content (AvgIpc) is 2.63. The Morgan fingerprint density at radius 1 is 1.47 bits per heavy atom. The van der Waals surface area contributed by atoms with Crippen LogP contribution in [0.3, 0.4) is 0 Å². The van der Waals surface area contributed by atoms with Crippen LogP contribution in [0.2, 0.25) is 0 Å². The maximum atomic E-state index is 11.9. The predicted octanol–water partition coefficient (Wildman–Crippen LogP) is 2.95. The highest BCUT2D eigenvalue weighted by atomic mass is 16.1. The van der Waals surface area contributed by atoms with Gasteiger partial charge in [-0.1, -0.05) is 26.5 Å². The molecular formula is C13H15NO. The van der Waals surface area contributed by atoms with Gasteiger partial charge in [0, 0.05) is 17.5 Å². The minimum Gasteiger partial charge on any atom is -0.361 e. The van der Waals surface area contributed by atoms with E-state index in [2.05, 4.69) is 25.4 Å². The molecule has 1 aliphatic rings. The molecule has 0 atom stereocenters. The molecule has 1 aromatic heterocycles. The third-order valence-corrected chi connectivity index (χ3v) is 2.66. The van der Waals surface area contributed by atoms with Gasteiger partial charge in [-0.05, 0) is 29.5 Å². The van der Waals surface area contributed by atoms with Crippen molar-refractivity contribution in [2.45, 2.75) is 20.3 Å². The Labute approximate surface area is 89.7 Å². The molecule has 2 nitrogen and oxygen atoms in total. The number of nitrogens with one attached hydrogen (secondary N) is 1. The van der Waals surface area contributed by atoms with E-state index in [4.69, 9.17) is 0 Å². The van der Waals surface area contributed by atoms with Crippen molar-refractivity contribution in [1.29, 1.82) is 0 Å². The molecule has 0 fully saturated rings. The number of rotatable bonds is 1. The summed E-state index contributed by atoms with van der Waals surface area (Å²) in [6.45, 7) is 8.08. The van der Waals surface area contributed by atoms with Gasteiger partial charge < -0.3 is 4.98 Å². The van der Waals surface area contributed by atoms with Crippen molar-refractivity contribution in [3.8, 4) is 0 Å². The molecule has 0 spiro atoms. The third kappa shape index (κ3) is 1.80. The van der Waals surface area contributed by atoms with Crippen molar-refractivity contribution in [3.05, 3.63) is 42.3 Å². The van der Waals surface area contributed by atoms with E-state index >= 15 is 0 Å². The second-order valence-corrected chi connectivity index (χ2v) is 4.74. The normalized spacial score (nSPS) is 20.3. The zero-order valence-corrected chi connectivity index (χ0v) is 9.13. The summed E-state index contributed by atoms with van der Waals surface area (Å²) in [6, 6.07) is 3.81. The van der Waals surface area contributed by atoms with E-state index in [0.29, 0.717) is 5.57 Å². The topological polar surface area (TPSA) is 32.9 Å². The van der Waals surface area contributed by atoms with Gasteiger partial charge in [0.2, 0.25) is 0 Å². The number of aromatic nitrogens is 1. The quantitative estimate of drug-likeness (QED) is 0.696. The number of hydrogen-bond donors (Lipinski definition) is 1. The van der Waals surface area contributed by atoms with Crippen molar-refractivity contribution >= 4 is 11.4 Å². The van der Waals surface area contributed by atoms with Crippen LogP contribution in [-0.4, -0.2) is 10.8 Å². The summed E-state index contributed by atoms with van der Waals surface area (Å²) < 4.78 is 0. The van der Waals surface area contributed by atoms with Gasteiger partial charge in [0.1, 0.15) is 0 Å². The van der Waals surface area contributed by atoms with E-state index in [0.717, 1.165) is 17.7 Å². The molecule has 78 valence electrons. The van der Waals surface area contributed by atoms with Crippen LogP contribution in [-0.2, 0) is 4.79 Å². The molecular weight excluding hydrogens is 186 g/mol. The van der Waals surface area contributed by atoms with Crippen molar-refractivity contribution in [1.82, 2.24) is 4.98 Å². The number of Topliss-reactive ketones (excluding diaryl/α,β-unsaturated/α-hetero) is 1. The van der Waals surface area contributed by atoms with Crippen molar-refractivity contribution in [3.63, 3.8) is 0 Å². The smallest absolute Gasteiger partial charge is 0.190 e. The first-order chi connectivity index (χ1) is 6.99. The lowest BCUT2D eigenvalue weighted by atomic mass is 9.76. The maximum Gasteiger partial charge on any atom is 0.190 e.